The molecule has 0 saturated heterocycles. The molecule has 0 heterocycles. The van der Waals surface area contributed by atoms with Gasteiger partial charge in [0.1, 0.15) is 0 Å². The molecule has 0 radical (unpaired) electrons. The maximum Gasteiger partial charge on any atom is 0.377 e. The van der Waals surface area contributed by atoms with Crippen LogP contribution in [0.1, 0.15) is 62.0 Å². The molecule has 0 fully saturated rings. The predicted octanol–water partition coefficient (Wildman–Crippen LogP) is 3.30. The van der Waals surface area contributed by atoms with Crippen molar-refractivity contribution in [2.24, 2.45) is 0 Å². The molecule has 1 aliphatic rings. The number of aliphatic carboxylic acids is 1. The van der Waals surface area contributed by atoms with Crippen molar-refractivity contribution in [2.45, 2.75) is 51.4 Å². The van der Waals surface area contributed by atoms with Crippen LogP contribution in [0.25, 0.3) is 0 Å². The third-order valence-electron chi connectivity index (χ3n) is 4.31. The van der Waals surface area contributed by atoms with Gasteiger partial charge in [0.25, 0.3) is 5.78 Å². The van der Waals surface area contributed by atoms with Gasteiger partial charge in [-0.25, -0.2) is 4.79 Å². The molecule has 1 aliphatic carbocycles. The number of hydrogen-bond acceptors (Lipinski definition) is 2. The summed E-state index contributed by atoms with van der Waals surface area (Å²) in [6.45, 7) is 8.69. The summed E-state index contributed by atoms with van der Waals surface area (Å²) in [7, 11) is 0. The minimum atomic E-state index is -1.40. The van der Waals surface area contributed by atoms with E-state index in [0.717, 1.165) is 18.4 Å². The molecule has 1 aromatic carbocycles. The van der Waals surface area contributed by atoms with Crippen molar-refractivity contribution in [3.8, 4) is 0 Å². The number of fused-ring (bicyclic) bond motifs is 1. The molecular formula is C16H20O3. The second-order valence-corrected chi connectivity index (χ2v) is 6.66. The zero-order valence-corrected chi connectivity index (χ0v) is 11.9. The summed E-state index contributed by atoms with van der Waals surface area (Å²) in [5.41, 5.74) is 2.67. The van der Waals surface area contributed by atoms with Crippen LogP contribution in [0.5, 0.6) is 0 Å². The summed E-state index contributed by atoms with van der Waals surface area (Å²) in [6.07, 6.45) is 2.14. The Bertz CT molecular complexity index is 553. The molecular weight excluding hydrogens is 244 g/mol. The van der Waals surface area contributed by atoms with E-state index in [-0.39, 0.29) is 16.4 Å². The van der Waals surface area contributed by atoms with E-state index in [0.29, 0.717) is 0 Å². The van der Waals surface area contributed by atoms with Crippen LogP contribution in [-0.2, 0) is 15.6 Å². The van der Waals surface area contributed by atoms with E-state index in [1.54, 1.807) is 12.1 Å². The highest BCUT2D eigenvalue weighted by atomic mass is 16.7. The number of Topliss-reactive ketones (excluding diaryl/α,β-unsaturated/α-hetero) is 1. The summed E-state index contributed by atoms with van der Waals surface area (Å²) < 4.78 is 0. The zero-order valence-electron chi connectivity index (χ0n) is 11.9. The number of ketones is 1. The zero-order chi connectivity index (χ0) is 14.4. The van der Waals surface area contributed by atoms with E-state index in [2.05, 4.69) is 27.7 Å². The molecule has 3 nitrogen and oxygen atoms in total. The monoisotopic (exact) mass is 264 g/mol. The van der Waals surface area contributed by atoms with Crippen LogP contribution in [0.2, 0.25) is 0 Å². The molecule has 0 bridgehead atoms. The average Bonchev–Trinajstić information content (AvgIpc) is 2.33. The number of carboxylic acids is 1. The Labute approximate surface area is 113 Å². The van der Waals surface area contributed by atoms with Crippen molar-refractivity contribution in [2.75, 3.05) is 0 Å². The Morgan fingerprint density at radius 1 is 1.00 bits per heavy atom. The number of rotatable bonds is 2. The lowest BCUT2D eigenvalue weighted by Crippen LogP contribution is -2.34. The fourth-order valence-corrected chi connectivity index (χ4v) is 2.85. The largest absolute Gasteiger partial charge is 0.475 e. The highest BCUT2D eigenvalue weighted by molar-refractivity contribution is 6.39. The van der Waals surface area contributed by atoms with Crippen LogP contribution in [0.4, 0.5) is 0 Å². The van der Waals surface area contributed by atoms with Crippen LogP contribution in [-0.4, -0.2) is 16.9 Å². The second-order valence-electron chi connectivity index (χ2n) is 6.66. The van der Waals surface area contributed by atoms with E-state index in [1.165, 1.54) is 5.56 Å². The van der Waals surface area contributed by atoms with Crippen molar-refractivity contribution in [1.82, 2.24) is 0 Å². The third kappa shape index (κ3) is 2.29. The SMILES string of the molecule is CC1(C)CCC(C)(C)c2cc([14C](=O)[14C](=O)O)ccc21. The molecule has 0 amide bonds. The highest BCUT2D eigenvalue weighted by Gasteiger charge is 2.37. The Morgan fingerprint density at radius 3 is 2.05 bits per heavy atom. The molecule has 0 atom stereocenters. The Balaban J connectivity index is 2.60. The fourth-order valence-electron chi connectivity index (χ4n) is 2.85. The van der Waals surface area contributed by atoms with Gasteiger partial charge in [-0.2, -0.15) is 0 Å². The fraction of sp³-hybridized carbons (Fsp3) is 0.500. The molecule has 2 rings (SSSR count). The van der Waals surface area contributed by atoms with Gasteiger partial charge in [-0.3, -0.25) is 4.79 Å². The van der Waals surface area contributed by atoms with E-state index < -0.39 is 11.8 Å². The quantitative estimate of drug-likeness (QED) is 0.658. The maximum absolute atomic E-state index is 11.6. The number of benzene rings is 1. The lowest BCUT2D eigenvalue weighted by Gasteiger charge is -2.42. The van der Waals surface area contributed by atoms with Gasteiger partial charge in [0, 0.05) is 5.56 Å². The first-order chi connectivity index (χ1) is 8.65. The molecule has 1 aromatic rings. The Hall–Kier alpha value is -1.64. The molecule has 0 aromatic heterocycles. The standard InChI is InChI=1S/C16H20O3/c1-15(2)7-8-16(3,4)12-9-10(5-6-11(12)15)13(17)14(18)19/h5-6,9H,7-8H2,1-4H3,(H,18,19)/i13+2,14+2. The first-order valence-corrected chi connectivity index (χ1v) is 6.58. The Morgan fingerprint density at radius 2 is 1.53 bits per heavy atom. The summed E-state index contributed by atoms with van der Waals surface area (Å²) >= 11 is 0. The van der Waals surface area contributed by atoms with E-state index >= 15 is 0 Å². The van der Waals surface area contributed by atoms with Crippen molar-refractivity contribution in [3.63, 3.8) is 0 Å². The first-order valence-electron chi connectivity index (χ1n) is 6.58. The molecule has 3 heteroatoms. The average molecular weight is 264 g/mol. The van der Waals surface area contributed by atoms with Crippen LogP contribution in [0.15, 0.2) is 18.2 Å². The van der Waals surface area contributed by atoms with E-state index in [1.807, 2.05) is 6.07 Å². The normalized spacial score (nSPS) is 19.6. The lowest BCUT2D eigenvalue weighted by atomic mass is 9.63. The van der Waals surface area contributed by atoms with Gasteiger partial charge in [-0.15, -0.1) is 0 Å². The van der Waals surface area contributed by atoms with E-state index in [4.69, 9.17) is 5.11 Å². The van der Waals surface area contributed by atoms with Gasteiger partial charge in [0.05, 0.1) is 0 Å². The van der Waals surface area contributed by atoms with Crippen LogP contribution >= 0.6 is 0 Å². The molecule has 102 valence electrons. The lowest BCUT2D eigenvalue weighted by molar-refractivity contribution is -0.131. The summed E-state index contributed by atoms with van der Waals surface area (Å²) in [4.78, 5) is 22.4. The van der Waals surface area contributed by atoms with Crippen LogP contribution < -0.4 is 0 Å². The third-order valence-corrected chi connectivity index (χ3v) is 4.31. The summed E-state index contributed by atoms with van der Waals surface area (Å²) in [5, 5.41) is 8.82. The van der Waals surface area contributed by atoms with Crippen molar-refractivity contribution < 1.29 is 14.7 Å². The molecule has 0 unspecified atom stereocenters. The van der Waals surface area contributed by atoms with Crippen molar-refractivity contribution in [3.05, 3.63) is 34.9 Å². The van der Waals surface area contributed by atoms with Crippen LogP contribution in [0, 0.1) is 0 Å². The number of hydrogen-bond donors (Lipinski definition) is 1. The topological polar surface area (TPSA) is 54.4 Å². The molecule has 0 saturated carbocycles. The molecule has 19 heavy (non-hydrogen) atoms. The van der Waals surface area contributed by atoms with Gasteiger partial charge < -0.3 is 5.11 Å². The van der Waals surface area contributed by atoms with Crippen molar-refractivity contribution in [1.29, 1.82) is 0 Å². The highest BCUT2D eigenvalue weighted by Crippen LogP contribution is 2.45. The van der Waals surface area contributed by atoms with Gasteiger partial charge in [0.15, 0.2) is 0 Å². The number of carbonyl (C=O) groups is 2. The minimum Gasteiger partial charge on any atom is -0.475 e. The van der Waals surface area contributed by atoms with E-state index in [9.17, 15) is 9.59 Å². The van der Waals surface area contributed by atoms with Gasteiger partial charge in [-0.05, 0) is 40.9 Å². The number of carboxylic acid groups (broad SMARTS) is 1. The minimum absolute atomic E-state index is 0.0142. The van der Waals surface area contributed by atoms with Gasteiger partial charge in [0.2, 0.25) is 0 Å². The van der Waals surface area contributed by atoms with Crippen LogP contribution in [0.3, 0.4) is 0 Å². The summed E-state index contributed by atoms with van der Waals surface area (Å²) in [5.74, 6) is -2.23. The molecule has 1 N–H and O–H groups in total. The smallest absolute Gasteiger partial charge is 0.377 e. The summed E-state index contributed by atoms with van der Waals surface area (Å²) in [6, 6.07) is 5.33. The van der Waals surface area contributed by atoms with Gasteiger partial charge >= 0.3 is 5.97 Å². The maximum atomic E-state index is 11.6. The van der Waals surface area contributed by atoms with Crippen molar-refractivity contribution >= 4 is 11.8 Å². The Kier molecular flexibility index (Phi) is 3.04. The predicted molar refractivity (Wildman–Crippen MR) is 73.7 cm³/mol. The first kappa shape index (κ1) is 13.8. The van der Waals surface area contributed by atoms with Gasteiger partial charge in [-0.1, -0.05) is 39.8 Å². The number of carbonyl (C=O) groups excluding carboxylic acids is 1. The molecule has 0 aliphatic heterocycles. The second kappa shape index (κ2) is 4.19. The molecule has 0 spiro atoms.